The fourth-order valence-electron chi connectivity index (χ4n) is 3.08. The van der Waals surface area contributed by atoms with Crippen molar-refractivity contribution >= 4 is 59.0 Å². The molecule has 3 rings (SSSR count). The zero-order valence-electron chi connectivity index (χ0n) is 16.0. The van der Waals surface area contributed by atoms with Gasteiger partial charge < -0.3 is 15.2 Å². The average molecular weight is 468 g/mol. The molecule has 1 aromatic rings. The SMILES string of the molecule is CSCC(=O)N[C@@H]1C(=O)N2C(C(=O)[O-])=C(Sc3ccccc3C[NH+]=C(N)N)CS[C@H]12. The highest BCUT2D eigenvalue weighted by atomic mass is 32.2. The number of nitrogens with one attached hydrogen (secondary N) is 2. The molecule has 1 fully saturated rings. The van der Waals surface area contributed by atoms with E-state index in [1.165, 1.54) is 40.2 Å². The van der Waals surface area contributed by atoms with E-state index in [4.69, 9.17) is 11.5 Å². The summed E-state index contributed by atoms with van der Waals surface area (Å²) in [7, 11) is 0. The fourth-order valence-corrected chi connectivity index (χ4v) is 6.03. The third-order valence-corrected chi connectivity index (χ3v) is 7.62. The van der Waals surface area contributed by atoms with E-state index in [1.807, 2.05) is 24.3 Å². The van der Waals surface area contributed by atoms with Gasteiger partial charge in [0.15, 0.2) is 0 Å². The summed E-state index contributed by atoms with van der Waals surface area (Å²) in [5.74, 6) is -1.41. The number of guanidine groups is 1. The van der Waals surface area contributed by atoms with Crippen LogP contribution in [0, 0.1) is 0 Å². The second-order valence-corrected chi connectivity index (χ2v) is 9.57. The number of nitrogens with zero attached hydrogens (tertiary/aromatic N) is 1. The summed E-state index contributed by atoms with van der Waals surface area (Å²) in [5.41, 5.74) is 11.7. The maximum absolute atomic E-state index is 12.6. The van der Waals surface area contributed by atoms with E-state index in [0.29, 0.717) is 17.2 Å². The third-order valence-electron chi connectivity index (χ3n) is 4.41. The highest BCUT2D eigenvalue weighted by Crippen LogP contribution is 2.45. The molecule has 12 heteroatoms. The number of β-lactam (4-membered cyclic amide) rings is 1. The number of hydrogen-bond acceptors (Lipinski definition) is 7. The molecule has 6 N–H and O–H groups in total. The molecule has 0 aliphatic carbocycles. The van der Waals surface area contributed by atoms with Crippen LogP contribution in [0.5, 0.6) is 0 Å². The molecule has 160 valence electrons. The van der Waals surface area contributed by atoms with Gasteiger partial charge in [0.2, 0.25) is 5.91 Å². The molecule has 2 amide bonds. The predicted molar refractivity (Wildman–Crippen MR) is 116 cm³/mol. The number of benzene rings is 1. The van der Waals surface area contributed by atoms with Crippen molar-refractivity contribution < 1.29 is 24.5 Å². The van der Waals surface area contributed by atoms with Gasteiger partial charge in [0.25, 0.3) is 5.91 Å². The topological polar surface area (TPSA) is 156 Å². The Kier molecular flexibility index (Phi) is 7.21. The van der Waals surface area contributed by atoms with Crippen LogP contribution in [0.2, 0.25) is 0 Å². The van der Waals surface area contributed by atoms with Crippen LogP contribution in [0.1, 0.15) is 5.56 Å². The molecule has 2 aliphatic heterocycles. The first-order valence-electron chi connectivity index (χ1n) is 8.88. The zero-order chi connectivity index (χ0) is 21.8. The van der Waals surface area contributed by atoms with Gasteiger partial charge in [-0.2, -0.15) is 11.8 Å². The van der Waals surface area contributed by atoms with Gasteiger partial charge >= 0.3 is 5.96 Å². The molecule has 0 unspecified atom stereocenters. The average Bonchev–Trinajstić information content (AvgIpc) is 2.71. The van der Waals surface area contributed by atoms with Crippen molar-refractivity contribution in [3.63, 3.8) is 0 Å². The molecule has 1 saturated heterocycles. The van der Waals surface area contributed by atoms with Gasteiger partial charge in [0.1, 0.15) is 11.4 Å². The summed E-state index contributed by atoms with van der Waals surface area (Å²) < 4.78 is 0. The second-order valence-electron chi connectivity index (χ2n) is 6.47. The lowest BCUT2D eigenvalue weighted by molar-refractivity contribution is -0.477. The minimum absolute atomic E-state index is 0.0845. The molecule has 2 heterocycles. The molecular formula is C18H21N5O4S3. The summed E-state index contributed by atoms with van der Waals surface area (Å²) in [6.45, 7) is 0.376. The van der Waals surface area contributed by atoms with Gasteiger partial charge in [0.05, 0.1) is 24.0 Å². The van der Waals surface area contributed by atoms with E-state index in [1.54, 1.807) is 6.26 Å². The lowest BCUT2D eigenvalue weighted by atomic mass is 10.1. The van der Waals surface area contributed by atoms with E-state index in [-0.39, 0.29) is 23.3 Å². The van der Waals surface area contributed by atoms with E-state index >= 15 is 0 Å². The Morgan fingerprint density at radius 1 is 1.37 bits per heavy atom. The largest absolute Gasteiger partial charge is 0.543 e. The molecule has 0 aromatic heterocycles. The highest BCUT2D eigenvalue weighted by Gasteiger charge is 2.52. The molecule has 0 radical (unpaired) electrons. The molecule has 2 aliphatic rings. The third kappa shape index (κ3) is 4.71. The normalized spacial score (nSPS) is 20.3. The molecule has 0 spiro atoms. The zero-order valence-corrected chi connectivity index (χ0v) is 18.5. The van der Waals surface area contributed by atoms with E-state index in [0.717, 1.165) is 10.5 Å². The van der Waals surface area contributed by atoms with Gasteiger partial charge in [-0.3, -0.25) is 30.9 Å². The van der Waals surface area contributed by atoms with Crippen LogP contribution in [0.3, 0.4) is 0 Å². The minimum atomic E-state index is -1.42. The summed E-state index contributed by atoms with van der Waals surface area (Å²) in [5, 5.41) is 14.1. The van der Waals surface area contributed by atoms with E-state index in [2.05, 4.69) is 10.3 Å². The number of nitrogens with two attached hydrogens (primary N) is 2. The number of carboxylic acid groups (broad SMARTS) is 1. The van der Waals surface area contributed by atoms with Crippen molar-refractivity contribution in [1.29, 1.82) is 0 Å². The van der Waals surface area contributed by atoms with Crippen molar-refractivity contribution in [2.45, 2.75) is 22.9 Å². The van der Waals surface area contributed by atoms with Crippen LogP contribution in [-0.2, 0) is 20.9 Å². The summed E-state index contributed by atoms with van der Waals surface area (Å²) in [4.78, 5) is 41.7. The Bertz CT molecular complexity index is 932. The van der Waals surface area contributed by atoms with Crippen LogP contribution in [0.4, 0.5) is 0 Å². The van der Waals surface area contributed by atoms with Crippen LogP contribution >= 0.6 is 35.3 Å². The second kappa shape index (κ2) is 9.67. The van der Waals surface area contributed by atoms with Gasteiger partial charge in [-0.25, -0.2) is 0 Å². The number of rotatable bonds is 8. The standard InChI is InChI=1S/C18H21N5O4S3/c1-28-8-12(24)22-13-15(25)23-14(17(26)27)11(7-29-16(13)23)30-10-5-3-2-4-9(10)6-21-18(19)20/h2-5,13,16H,6-8H2,1H3,(H,22,24)(H,26,27)(H4,19,20,21)/t13-,16-/m1/s1. The van der Waals surface area contributed by atoms with E-state index in [9.17, 15) is 19.5 Å². The van der Waals surface area contributed by atoms with Gasteiger partial charge in [0, 0.05) is 15.6 Å². The number of carbonyl (C=O) groups is 3. The lowest BCUT2D eigenvalue weighted by Gasteiger charge is -2.50. The highest BCUT2D eigenvalue weighted by molar-refractivity contribution is 8.06. The molecule has 1 aromatic carbocycles. The lowest BCUT2D eigenvalue weighted by Crippen LogP contribution is -2.76. The Balaban J connectivity index is 1.84. The first kappa shape index (κ1) is 22.4. The number of fused-ring (bicyclic) bond motifs is 1. The fraction of sp³-hybridized carbons (Fsp3) is 0.333. The number of thioether (sulfide) groups is 3. The van der Waals surface area contributed by atoms with Crippen LogP contribution < -0.4 is 26.9 Å². The van der Waals surface area contributed by atoms with Gasteiger partial charge in [-0.1, -0.05) is 30.0 Å². The number of aliphatic carboxylic acids is 1. The molecule has 30 heavy (non-hydrogen) atoms. The molecule has 9 nitrogen and oxygen atoms in total. The van der Waals surface area contributed by atoms with Gasteiger partial charge in [-0.15, -0.1) is 11.8 Å². The summed E-state index contributed by atoms with van der Waals surface area (Å²) in [6.07, 6.45) is 1.79. The molecular weight excluding hydrogens is 446 g/mol. The van der Waals surface area contributed by atoms with Crippen molar-refractivity contribution in [2.75, 3.05) is 17.8 Å². The Labute approximate surface area is 186 Å². The molecule has 0 saturated carbocycles. The molecule has 0 bridgehead atoms. The van der Waals surface area contributed by atoms with Crippen molar-refractivity contribution in [2.24, 2.45) is 11.5 Å². The smallest absolute Gasteiger partial charge is 0.339 e. The summed E-state index contributed by atoms with van der Waals surface area (Å²) >= 11 is 4.03. The minimum Gasteiger partial charge on any atom is -0.543 e. The quantitative estimate of drug-likeness (QED) is 0.182. The summed E-state index contributed by atoms with van der Waals surface area (Å²) in [6, 6.07) is 6.70. The first-order chi connectivity index (χ1) is 14.3. The Hall–Kier alpha value is -2.31. The van der Waals surface area contributed by atoms with Crippen molar-refractivity contribution in [1.82, 2.24) is 10.2 Å². The van der Waals surface area contributed by atoms with Crippen molar-refractivity contribution in [3.8, 4) is 0 Å². The monoisotopic (exact) mass is 467 g/mol. The maximum Gasteiger partial charge on any atom is 0.339 e. The van der Waals surface area contributed by atoms with Crippen LogP contribution in [0.25, 0.3) is 0 Å². The van der Waals surface area contributed by atoms with Crippen LogP contribution in [-0.4, -0.2) is 57.8 Å². The van der Waals surface area contributed by atoms with Crippen LogP contribution in [0.15, 0.2) is 39.8 Å². The van der Waals surface area contributed by atoms with Crippen molar-refractivity contribution in [3.05, 3.63) is 40.4 Å². The Morgan fingerprint density at radius 3 is 2.77 bits per heavy atom. The Morgan fingerprint density at radius 2 is 2.10 bits per heavy atom. The predicted octanol–water partition coefficient (Wildman–Crippen LogP) is -2.64. The number of hydrogen-bond donors (Lipinski definition) is 4. The number of carbonyl (C=O) groups excluding carboxylic acids is 3. The number of carboxylic acids is 1. The first-order valence-corrected chi connectivity index (χ1v) is 12.1. The molecule has 2 atom stereocenters. The maximum atomic E-state index is 12.6. The van der Waals surface area contributed by atoms with E-state index < -0.39 is 23.3 Å². The van der Waals surface area contributed by atoms with Gasteiger partial charge in [-0.05, 0) is 17.9 Å². The number of amides is 2.